The second-order valence-electron chi connectivity index (χ2n) is 4.49. The van der Waals surface area contributed by atoms with Gasteiger partial charge in [0.1, 0.15) is 17.2 Å². The lowest BCUT2D eigenvalue weighted by Crippen LogP contribution is -1.97. The maximum Gasteiger partial charge on any atom is 0.337 e. The van der Waals surface area contributed by atoms with Crippen molar-refractivity contribution in [1.82, 2.24) is 9.97 Å². The lowest BCUT2D eigenvalue weighted by molar-refractivity contribution is 0.0699. The molecule has 2 aromatic carbocycles. The van der Waals surface area contributed by atoms with Crippen molar-refractivity contribution in [2.24, 2.45) is 0 Å². The summed E-state index contributed by atoms with van der Waals surface area (Å²) in [5, 5.41) is 9.12. The number of benzene rings is 2. The number of para-hydroxylation sites is 1. The van der Waals surface area contributed by atoms with Crippen LogP contribution in [0.5, 0.6) is 0 Å². The van der Waals surface area contributed by atoms with E-state index in [2.05, 4.69) is 9.97 Å². The number of carboxylic acids is 1. The number of aromatic nitrogens is 2. The van der Waals surface area contributed by atoms with Gasteiger partial charge < -0.3 is 10.1 Å². The second kappa shape index (κ2) is 4.77. The van der Waals surface area contributed by atoms with Crippen molar-refractivity contribution >= 4 is 17.0 Å². The first-order chi connectivity index (χ1) is 9.63. The fourth-order valence-electron chi connectivity index (χ4n) is 2.14. The predicted octanol–water partition coefficient (Wildman–Crippen LogP) is 2.99. The standard InChI is InChI=1S/C15H11FN2O2/c16-10-6-4-9(5-7-10)8-13-17-12-3-1-2-11(15(19)20)14(12)18-13/h1-7H,8H2,(H,17,18)(H,19,20). The van der Waals surface area contributed by atoms with E-state index in [9.17, 15) is 9.18 Å². The number of rotatable bonds is 3. The number of H-pyrrole nitrogens is 1. The molecule has 20 heavy (non-hydrogen) atoms. The Balaban J connectivity index is 1.99. The molecule has 0 aliphatic heterocycles. The minimum atomic E-state index is -1.00. The zero-order valence-corrected chi connectivity index (χ0v) is 10.4. The molecule has 0 saturated carbocycles. The van der Waals surface area contributed by atoms with Gasteiger partial charge in [-0.1, -0.05) is 18.2 Å². The Labute approximate surface area is 113 Å². The normalized spacial score (nSPS) is 10.8. The van der Waals surface area contributed by atoms with Gasteiger partial charge in [-0.2, -0.15) is 0 Å². The van der Waals surface area contributed by atoms with Gasteiger partial charge in [0.15, 0.2) is 0 Å². The summed E-state index contributed by atoms with van der Waals surface area (Å²) < 4.78 is 12.8. The smallest absolute Gasteiger partial charge is 0.337 e. The topological polar surface area (TPSA) is 66.0 Å². The number of carbonyl (C=O) groups is 1. The summed E-state index contributed by atoms with van der Waals surface area (Å²) in [6.45, 7) is 0. The van der Waals surface area contributed by atoms with Crippen LogP contribution in [-0.4, -0.2) is 21.0 Å². The summed E-state index contributed by atoms with van der Waals surface area (Å²) in [6, 6.07) is 11.1. The van der Waals surface area contributed by atoms with Gasteiger partial charge in [-0.25, -0.2) is 14.2 Å². The number of carboxylic acid groups (broad SMARTS) is 1. The molecule has 0 bridgehead atoms. The zero-order valence-electron chi connectivity index (χ0n) is 10.4. The van der Waals surface area contributed by atoms with Gasteiger partial charge in [0.25, 0.3) is 0 Å². The Hall–Kier alpha value is -2.69. The van der Waals surface area contributed by atoms with Crippen molar-refractivity contribution < 1.29 is 14.3 Å². The highest BCUT2D eigenvalue weighted by molar-refractivity contribution is 6.00. The molecule has 1 heterocycles. The largest absolute Gasteiger partial charge is 0.478 e. The number of nitrogens with one attached hydrogen (secondary N) is 1. The van der Waals surface area contributed by atoms with Crippen molar-refractivity contribution in [3.8, 4) is 0 Å². The molecule has 0 atom stereocenters. The molecule has 4 nitrogen and oxygen atoms in total. The molecular weight excluding hydrogens is 259 g/mol. The van der Waals surface area contributed by atoms with Gasteiger partial charge in [-0.05, 0) is 29.8 Å². The number of hydrogen-bond acceptors (Lipinski definition) is 2. The Bertz CT molecular complexity index is 778. The zero-order chi connectivity index (χ0) is 14.1. The maximum absolute atomic E-state index is 12.8. The Morgan fingerprint density at radius 1 is 1.20 bits per heavy atom. The van der Waals surface area contributed by atoms with Crippen LogP contribution < -0.4 is 0 Å². The first-order valence-electron chi connectivity index (χ1n) is 6.09. The number of imidazole rings is 1. The van der Waals surface area contributed by atoms with Crippen molar-refractivity contribution in [2.45, 2.75) is 6.42 Å². The predicted molar refractivity (Wildman–Crippen MR) is 72.3 cm³/mol. The second-order valence-corrected chi connectivity index (χ2v) is 4.49. The highest BCUT2D eigenvalue weighted by Crippen LogP contribution is 2.18. The van der Waals surface area contributed by atoms with Crippen molar-refractivity contribution in [3.05, 3.63) is 65.2 Å². The molecule has 2 N–H and O–H groups in total. The van der Waals surface area contributed by atoms with Crippen LogP contribution in [0.3, 0.4) is 0 Å². The number of aromatic amines is 1. The van der Waals surface area contributed by atoms with E-state index in [1.54, 1.807) is 24.3 Å². The summed E-state index contributed by atoms with van der Waals surface area (Å²) >= 11 is 0. The third-order valence-electron chi connectivity index (χ3n) is 3.08. The highest BCUT2D eigenvalue weighted by Gasteiger charge is 2.12. The molecule has 0 amide bonds. The highest BCUT2D eigenvalue weighted by atomic mass is 19.1. The summed E-state index contributed by atoms with van der Waals surface area (Å²) in [7, 11) is 0. The summed E-state index contributed by atoms with van der Waals surface area (Å²) in [5.41, 5.74) is 2.20. The van der Waals surface area contributed by atoms with Crippen LogP contribution in [0, 0.1) is 5.82 Å². The average Bonchev–Trinajstić information content (AvgIpc) is 2.83. The SMILES string of the molecule is O=C(O)c1cccc2[nH]c(Cc3ccc(F)cc3)nc12. The van der Waals surface area contributed by atoms with Crippen molar-refractivity contribution in [1.29, 1.82) is 0 Å². The van der Waals surface area contributed by atoms with E-state index in [1.165, 1.54) is 18.2 Å². The van der Waals surface area contributed by atoms with Crippen LogP contribution in [-0.2, 0) is 6.42 Å². The van der Waals surface area contributed by atoms with Crippen LogP contribution in [0.2, 0.25) is 0 Å². The molecule has 0 fully saturated rings. The average molecular weight is 270 g/mol. The summed E-state index contributed by atoms with van der Waals surface area (Å²) in [5.74, 6) is -0.637. The fourth-order valence-corrected chi connectivity index (χ4v) is 2.14. The molecule has 5 heteroatoms. The molecule has 0 unspecified atom stereocenters. The van der Waals surface area contributed by atoms with E-state index in [4.69, 9.17) is 5.11 Å². The number of nitrogens with zero attached hydrogens (tertiary/aromatic N) is 1. The number of aromatic carboxylic acids is 1. The van der Waals surface area contributed by atoms with Crippen LogP contribution >= 0.6 is 0 Å². The van der Waals surface area contributed by atoms with E-state index in [0.717, 1.165) is 5.56 Å². The lowest BCUT2D eigenvalue weighted by Gasteiger charge is -1.97. The first kappa shape index (κ1) is 12.3. The molecular formula is C15H11FN2O2. The minimum absolute atomic E-state index is 0.170. The third kappa shape index (κ3) is 2.25. The van der Waals surface area contributed by atoms with E-state index >= 15 is 0 Å². The third-order valence-corrected chi connectivity index (χ3v) is 3.08. The Morgan fingerprint density at radius 2 is 1.95 bits per heavy atom. The molecule has 0 saturated heterocycles. The molecule has 0 radical (unpaired) electrons. The monoisotopic (exact) mass is 270 g/mol. The maximum atomic E-state index is 12.8. The molecule has 3 rings (SSSR count). The van der Waals surface area contributed by atoms with E-state index in [-0.39, 0.29) is 11.4 Å². The molecule has 0 aliphatic rings. The quantitative estimate of drug-likeness (QED) is 0.768. The molecule has 0 aliphatic carbocycles. The number of hydrogen-bond donors (Lipinski definition) is 2. The molecule has 100 valence electrons. The van der Waals surface area contributed by atoms with Gasteiger partial charge in [-0.15, -0.1) is 0 Å². The summed E-state index contributed by atoms with van der Waals surface area (Å²) in [6.07, 6.45) is 0.494. The van der Waals surface area contributed by atoms with E-state index < -0.39 is 5.97 Å². The van der Waals surface area contributed by atoms with Gasteiger partial charge in [0.05, 0.1) is 11.1 Å². The van der Waals surface area contributed by atoms with Crippen molar-refractivity contribution in [2.75, 3.05) is 0 Å². The van der Waals surface area contributed by atoms with E-state index in [0.29, 0.717) is 23.3 Å². The fraction of sp³-hybridized carbons (Fsp3) is 0.0667. The van der Waals surface area contributed by atoms with Gasteiger partial charge in [0.2, 0.25) is 0 Å². The van der Waals surface area contributed by atoms with Gasteiger partial charge >= 0.3 is 5.97 Å². The first-order valence-corrected chi connectivity index (χ1v) is 6.09. The number of fused-ring (bicyclic) bond motifs is 1. The van der Waals surface area contributed by atoms with Gasteiger partial charge in [-0.3, -0.25) is 0 Å². The minimum Gasteiger partial charge on any atom is -0.478 e. The number of halogens is 1. The molecule has 1 aromatic heterocycles. The van der Waals surface area contributed by atoms with Crippen LogP contribution in [0.25, 0.3) is 11.0 Å². The summed E-state index contributed by atoms with van der Waals surface area (Å²) in [4.78, 5) is 18.5. The Kier molecular flexibility index (Phi) is 2.95. The van der Waals surface area contributed by atoms with Gasteiger partial charge in [0, 0.05) is 6.42 Å². The van der Waals surface area contributed by atoms with Crippen LogP contribution in [0.15, 0.2) is 42.5 Å². The van der Waals surface area contributed by atoms with Crippen LogP contribution in [0.4, 0.5) is 4.39 Å². The van der Waals surface area contributed by atoms with Crippen molar-refractivity contribution in [3.63, 3.8) is 0 Å². The van der Waals surface area contributed by atoms with E-state index in [1.807, 2.05) is 0 Å². The Morgan fingerprint density at radius 3 is 2.65 bits per heavy atom. The molecule has 0 spiro atoms. The molecule has 3 aromatic rings. The lowest BCUT2D eigenvalue weighted by atomic mass is 10.1. The van der Waals surface area contributed by atoms with Crippen LogP contribution in [0.1, 0.15) is 21.7 Å².